The summed E-state index contributed by atoms with van der Waals surface area (Å²) in [4.78, 5) is 0. The molecule has 0 fully saturated rings. The highest BCUT2D eigenvalue weighted by Crippen LogP contribution is 2.04. The van der Waals surface area contributed by atoms with Gasteiger partial charge in [-0.15, -0.1) is 0 Å². The zero-order valence-corrected chi connectivity index (χ0v) is 9.41. The molecule has 0 aromatic heterocycles. The van der Waals surface area contributed by atoms with Crippen molar-refractivity contribution in [3.05, 3.63) is 24.3 Å². The lowest BCUT2D eigenvalue weighted by molar-refractivity contribution is 0.282. The van der Waals surface area contributed by atoms with E-state index < -0.39 is 0 Å². The minimum atomic E-state index is 0.346. The van der Waals surface area contributed by atoms with Gasteiger partial charge in [0, 0.05) is 6.61 Å². The molecule has 0 aliphatic heterocycles. The second-order valence-electron chi connectivity index (χ2n) is 3.54. The summed E-state index contributed by atoms with van der Waals surface area (Å²) in [6.45, 7) is 2.41. The number of hydrogen-bond donors (Lipinski definition) is 1. The third-order valence-electron chi connectivity index (χ3n) is 2.18. The van der Waals surface area contributed by atoms with Gasteiger partial charge in [-0.25, -0.2) is 0 Å². The molecule has 82 valence electrons. The smallest absolute Gasteiger partial charge is 0.0431 e. The van der Waals surface area contributed by atoms with Crippen LogP contribution in [0.1, 0.15) is 51.9 Å². The molecule has 0 aromatic rings. The van der Waals surface area contributed by atoms with Crippen molar-refractivity contribution in [2.45, 2.75) is 51.9 Å². The SMILES string of the molecule is CC=CCCC=CCCCCCCO. The van der Waals surface area contributed by atoms with E-state index in [9.17, 15) is 0 Å². The minimum Gasteiger partial charge on any atom is -0.396 e. The first-order valence-corrected chi connectivity index (χ1v) is 5.78. The van der Waals surface area contributed by atoms with Crippen molar-refractivity contribution in [1.82, 2.24) is 0 Å². The maximum Gasteiger partial charge on any atom is 0.0431 e. The monoisotopic (exact) mass is 196 g/mol. The zero-order chi connectivity index (χ0) is 10.5. The molecule has 0 saturated heterocycles. The van der Waals surface area contributed by atoms with Crippen molar-refractivity contribution >= 4 is 0 Å². The first kappa shape index (κ1) is 13.4. The number of hydrogen-bond acceptors (Lipinski definition) is 1. The lowest BCUT2D eigenvalue weighted by Crippen LogP contribution is -1.82. The minimum absolute atomic E-state index is 0.346. The summed E-state index contributed by atoms with van der Waals surface area (Å²) >= 11 is 0. The van der Waals surface area contributed by atoms with Crippen LogP contribution in [0.3, 0.4) is 0 Å². The topological polar surface area (TPSA) is 20.2 Å². The van der Waals surface area contributed by atoms with E-state index in [4.69, 9.17) is 5.11 Å². The van der Waals surface area contributed by atoms with Gasteiger partial charge in [0.05, 0.1) is 0 Å². The standard InChI is InChI=1S/C13H24O/c1-2-3-4-5-6-7-8-9-10-11-12-13-14/h2-3,6-7,14H,4-5,8-13H2,1H3. The first-order chi connectivity index (χ1) is 6.91. The highest BCUT2D eigenvalue weighted by Gasteiger charge is 1.86. The van der Waals surface area contributed by atoms with Gasteiger partial charge in [-0.05, 0) is 39.0 Å². The van der Waals surface area contributed by atoms with Gasteiger partial charge in [0.15, 0.2) is 0 Å². The molecule has 0 heterocycles. The average molecular weight is 196 g/mol. The molecule has 0 aliphatic rings. The maximum atomic E-state index is 8.57. The van der Waals surface area contributed by atoms with Crippen molar-refractivity contribution < 1.29 is 5.11 Å². The molecular weight excluding hydrogens is 172 g/mol. The Kier molecular flexibility index (Phi) is 11.9. The molecule has 0 atom stereocenters. The van der Waals surface area contributed by atoms with Crippen molar-refractivity contribution in [3.63, 3.8) is 0 Å². The quantitative estimate of drug-likeness (QED) is 0.439. The Balaban J connectivity index is 3.03. The van der Waals surface area contributed by atoms with Crippen molar-refractivity contribution in [3.8, 4) is 0 Å². The molecule has 0 saturated carbocycles. The molecule has 1 nitrogen and oxygen atoms in total. The van der Waals surface area contributed by atoms with E-state index in [2.05, 4.69) is 31.2 Å². The Morgan fingerprint density at radius 3 is 2.14 bits per heavy atom. The summed E-state index contributed by atoms with van der Waals surface area (Å²) in [6, 6.07) is 0. The van der Waals surface area contributed by atoms with E-state index in [0.29, 0.717) is 6.61 Å². The van der Waals surface area contributed by atoms with Gasteiger partial charge >= 0.3 is 0 Å². The molecule has 0 radical (unpaired) electrons. The fraction of sp³-hybridized carbons (Fsp3) is 0.692. The summed E-state index contributed by atoms with van der Waals surface area (Å²) < 4.78 is 0. The van der Waals surface area contributed by atoms with E-state index in [1.165, 1.54) is 32.1 Å². The Morgan fingerprint density at radius 1 is 0.786 bits per heavy atom. The van der Waals surface area contributed by atoms with Gasteiger partial charge in [0.1, 0.15) is 0 Å². The molecule has 0 aliphatic carbocycles. The fourth-order valence-corrected chi connectivity index (χ4v) is 1.32. The van der Waals surface area contributed by atoms with Gasteiger partial charge in [-0.3, -0.25) is 0 Å². The molecule has 0 rings (SSSR count). The largest absolute Gasteiger partial charge is 0.396 e. The molecule has 1 N–H and O–H groups in total. The Bertz CT molecular complexity index is 147. The van der Waals surface area contributed by atoms with Gasteiger partial charge in [-0.1, -0.05) is 37.1 Å². The number of rotatable bonds is 9. The highest BCUT2D eigenvalue weighted by atomic mass is 16.2. The van der Waals surface area contributed by atoms with Crippen molar-refractivity contribution in [2.75, 3.05) is 6.61 Å². The van der Waals surface area contributed by atoms with E-state index in [-0.39, 0.29) is 0 Å². The fourth-order valence-electron chi connectivity index (χ4n) is 1.32. The molecule has 14 heavy (non-hydrogen) atoms. The number of allylic oxidation sites excluding steroid dienone is 4. The summed E-state index contributed by atoms with van der Waals surface area (Å²) in [5, 5.41) is 8.57. The van der Waals surface area contributed by atoms with E-state index in [1.807, 2.05) is 0 Å². The van der Waals surface area contributed by atoms with Crippen LogP contribution in [0.2, 0.25) is 0 Å². The Labute approximate surface area is 88.5 Å². The predicted molar refractivity (Wildman–Crippen MR) is 63.4 cm³/mol. The second kappa shape index (κ2) is 12.4. The van der Waals surface area contributed by atoms with E-state index in [1.54, 1.807) is 0 Å². The molecule has 0 spiro atoms. The Morgan fingerprint density at radius 2 is 1.43 bits per heavy atom. The van der Waals surface area contributed by atoms with E-state index in [0.717, 1.165) is 12.8 Å². The van der Waals surface area contributed by atoms with E-state index >= 15 is 0 Å². The van der Waals surface area contributed by atoms with Crippen LogP contribution in [0, 0.1) is 0 Å². The normalized spacial score (nSPS) is 11.9. The molecule has 0 aromatic carbocycles. The third kappa shape index (κ3) is 11.4. The first-order valence-electron chi connectivity index (χ1n) is 5.78. The number of unbranched alkanes of at least 4 members (excludes halogenated alkanes) is 5. The van der Waals surface area contributed by atoms with Crippen LogP contribution < -0.4 is 0 Å². The van der Waals surface area contributed by atoms with Crippen LogP contribution in [0.25, 0.3) is 0 Å². The van der Waals surface area contributed by atoms with Crippen LogP contribution in [-0.4, -0.2) is 11.7 Å². The van der Waals surface area contributed by atoms with Crippen molar-refractivity contribution in [2.24, 2.45) is 0 Å². The molecule has 0 bridgehead atoms. The van der Waals surface area contributed by atoms with Gasteiger partial charge in [-0.2, -0.15) is 0 Å². The number of aliphatic hydroxyl groups is 1. The second-order valence-corrected chi connectivity index (χ2v) is 3.54. The third-order valence-corrected chi connectivity index (χ3v) is 2.18. The molecule has 0 amide bonds. The zero-order valence-electron chi connectivity index (χ0n) is 9.41. The number of aliphatic hydroxyl groups excluding tert-OH is 1. The summed E-state index contributed by atoms with van der Waals surface area (Å²) in [6.07, 6.45) is 17.0. The average Bonchev–Trinajstić information content (AvgIpc) is 2.21. The molecular formula is C13H24O. The van der Waals surface area contributed by atoms with Crippen molar-refractivity contribution in [1.29, 1.82) is 0 Å². The summed E-state index contributed by atoms with van der Waals surface area (Å²) in [5.74, 6) is 0. The van der Waals surface area contributed by atoms with Crippen LogP contribution in [0.5, 0.6) is 0 Å². The summed E-state index contributed by atoms with van der Waals surface area (Å²) in [7, 11) is 0. The van der Waals surface area contributed by atoms with Crippen LogP contribution >= 0.6 is 0 Å². The lowest BCUT2D eigenvalue weighted by atomic mass is 10.1. The van der Waals surface area contributed by atoms with Gasteiger partial charge in [0.25, 0.3) is 0 Å². The van der Waals surface area contributed by atoms with Crippen LogP contribution in [0.4, 0.5) is 0 Å². The summed E-state index contributed by atoms with van der Waals surface area (Å²) in [5.41, 5.74) is 0. The Hall–Kier alpha value is -0.560. The van der Waals surface area contributed by atoms with Crippen LogP contribution in [-0.2, 0) is 0 Å². The molecule has 0 unspecified atom stereocenters. The van der Waals surface area contributed by atoms with Crippen LogP contribution in [0.15, 0.2) is 24.3 Å². The molecule has 1 heteroatoms. The van der Waals surface area contributed by atoms with Gasteiger partial charge in [0.2, 0.25) is 0 Å². The highest BCUT2D eigenvalue weighted by molar-refractivity contribution is 4.86. The predicted octanol–water partition coefficient (Wildman–Crippen LogP) is 3.84. The maximum absolute atomic E-state index is 8.57. The van der Waals surface area contributed by atoms with Gasteiger partial charge < -0.3 is 5.11 Å². The lowest BCUT2D eigenvalue weighted by Gasteiger charge is -1.95.